The maximum Gasteiger partial charge on any atom is 0.160 e. The summed E-state index contributed by atoms with van der Waals surface area (Å²) in [6, 6.07) is 3.00. The highest BCUT2D eigenvalue weighted by Gasteiger charge is 2.11. The van der Waals surface area contributed by atoms with Crippen LogP contribution in [0.1, 0.15) is 6.92 Å². The highest BCUT2D eigenvalue weighted by molar-refractivity contribution is 6.40. The minimum atomic E-state index is -0.592. The zero-order valence-electron chi connectivity index (χ0n) is 7.26. The van der Waals surface area contributed by atoms with Crippen molar-refractivity contribution in [3.63, 3.8) is 0 Å². The Labute approximate surface area is 96.7 Å². The standard InChI is InChI=1S/C9H7Cl3O2/c1-5(4-13)14-9-7(11)2-6(10)3-8(9)12/h2-5H,1H3. The van der Waals surface area contributed by atoms with Crippen molar-refractivity contribution in [1.29, 1.82) is 0 Å². The Morgan fingerprint density at radius 2 is 1.79 bits per heavy atom. The van der Waals surface area contributed by atoms with Gasteiger partial charge in [0, 0.05) is 5.02 Å². The molecule has 5 heteroatoms. The molecule has 0 saturated carbocycles. The van der Waals surface area contributed by atoms with Crippen LogP contribution < -0.4 is 4.74 Å². The molecule has 0 aliphatic heterocycles. The molecule has 0 aromatic heterocycles. The molecule has 1 atom stereocenters. The summed E-state index contributed by atoms with van der Waals surface area (Å²) in [5.41, 5.74) is 0. The molecule has 0 fully saturated rings. The van der Waals surface area contributed by atoms with Crippen LogP contribution in [0.4, 0.5) is 0 Å². The third kappa shape index (κ3) is 2.77. The molecule has 0 bridgehead atoms. The fourth-order valence-electron chi connectivity index (χ4n) is 0.855. The lowest BCUT2D eigenvalue weighted by Crippen LogP contribution is -2.13. The molecule has 1 aromatic carbocycles. The zero-order chi connectivity index (χ0) is 10.7. The predicted octanol–water partition coefficient (Wildman–Crippen LogP) is 3.61. The summed E-state index contributed by atoms with van der Waals surface area (Å²) in [7, 11) is 0. The van der Waals surface area contributed by atoms with Gasteiger partial charge < -0.3 is 4.74 Å². The van der Waals surface area contributed by atoms with Crippen molar-refractivity contribution in [3.05, 3.63) is 27.2 Å². The van der Waals surface area contributed by atoms with Crippen LogP contribution in [0, 0.1) is 0 Å². The van der Waals surface area contributed by atoms with Crippen LogP contribution in [0.5, 0.6) is 5.75 Å². The van der Waals surface area contributed by atoms with E-state index >= 15 is 0 Å². The van der Waals surface area contributed by atoms with Gasteiger partial charge in [-0.15, -0.1) is 0 Å². The Morgan fingerprint density at radius 3 is 2.21 bits per heavy atom. The van der Waals surface area contributed by atoms with Crippen molar-refractivity contribution < 1.29 is 9.53 Å². The number of rotatable bonds is 3. The van der Waals surface area contributed by atoms with E-state index in [2.05, 4.69) is 0 Å². The van der Waals surface area contributed by atoms with Crippen LogP contribution in [0.2, 0.25) is 15.1 Å². The van der Waals surface area contributed by atoms with Crippen molar-refractivity contribution in [3.8, 4) is 5.75 Å². The first-order chi connectivity index (χ1) is 6.54. The molecule has 1 aromatic rings. The third-order valence-electron chi connectivity index (χ3n) is 1.46. The number of aldehydes is 1. The second kappa shape index (κ2) is 4.87. The maximum atomic E-state index is 10.4. The zero-order valence-corrected chi connectivity index (χ0v) is 9.53. The molecular weight excluding hydrogens is 246 g/mol. The van der Waals surface area contributed by atoms with Crippen molar-refractivity contribution in [1.82, 2.24) is 0 Å². The van der Waals surface area contributed by atoms with E-state index in [0.29, 0.717) is 11.3 Å². The van der Waals surface area contributed by atoms with Crippen LogP contribution in [-0.4, -0.2) is 12.4 Å². The van der Waals surface area contributed by atoms with E-state index in [0.717, 1.165) is 0 Å². The molecule has 0 amide bonds. The summed E-state index contributed by atoms with van der Waals surface area (Å²) in [5, 5.41) is 0.999. The molecule has 2 nitrogen and oxygen atoms in total. The normalized spacial score (nSPS) is 12.3. The largest absolute Gasteiger partial charge is 0.480 e. The van der Waals surface area contributed by atoms with E-state index in [1.807, 2.05) is 0 Å². The average Bonchev–Trinajstić information content (AvgIpc) is 2.10. The number of hydrogen-bond donors (Lipinski definition) is 0. The molecule has 0 aliphatic rings. The summed E-state index contributed by atoms with van der Waals surface area (Å²) >= 11 is 17.4. The van der Waals surface area contributed by atoms with Gasteiger partial charge in [-0.25, -0.2) is 0 Å². The molecule has 1 rings (SSSR count). The molecule has 0 saturated heterocycles. The average molecular weight is 254 g/mol. The Morgan fingerprint density at radius 1 is 1.29 bits per heavy atom. The maximum absolute atomic E-state index is 10.4. The molecule has 0 aliphatic carbocycles. The van der Waals surface area contributed by atoms with Gasteiger partial charge in [-0.2, -0.15) is 0 Å². The number of hydrogen-bond acceptors (Lipinski definition) is 2. The SMILES string of the molecule is CC(C=O)Oc1c(Cl)cc(Cl)cc1Cl. The van der Waals surface area contributed by atoms with E-state index < -0.39 is 6.10 Å². The quantitative estimate of drug-likeness (QED) is 0.769. The first-order valence-corrected chi connectivity index (χ1v) is 4.94. The molecule has 76 valence electrons. The highest BCUT2D eigenvalue weighted by atomic mass is 35.5. The van der Waals surface area contributed by atoms with Gasteiger partial charge in [-0.1, -0.05) is 34.8 Å². The van der Waals surface area contributed by atoms with Crippen LogP contribution in [0.25, 0.3) is 0 Å². The van der Waals surface area contributed by atoms with E-state index in [-0.39, 0.29) is 15.8 Å². The second-order valence-corrected chi connectivity index (χ2v) is 3.91. The van der Waals surface area contributed by atoms with Gasteiger partial charge in [-0.3, -0.25) is 4.79 Å². The number of ether oxygens (including phenoxy) is 1. The van der Waals surface area contributed by atoms with Crippen molar-refractivity contribution in [2.24, 2.45) is 0 Å². The minimum Gasteiger partial charge on any atom is -0.480 e. The number of halogens is 3. The van der Waals surface area contributed by atoms with E-state index in [1.54, 1.807) is 6.92 Å². The highest BCUT2D eigenvalue weighted by Crippen LogP contribution is 2.36. The van der Waals surface area contributed by atoms with Gasteiger partial charge in [-0.05, 0) is 19.1 Å². The van der Waals surface area contributed by atoms with Crippen LogP contribution in [0.3, 0.4) is 0 Å². The molecule has 1 unspecified atom stereocenters. The Hall–Kier alpha value is -0.440. The number of carbonyl (C=O) groups is 1. The minimum absolute atomic E-state index is 0.275. The summed E-state index contributed by atoms with van der Waals surface area (Å²) in [6.07, 6.45) is 0.0625. The molecule has 14 heavy (non-hydrogen) atoms. The Balaban J connectivity index is 3.02. The lowest BCUT2D eigenvalue weighted by Gasteiger charge is -2.12. The van der Waals surface area contributed by atoms with Gasteiger partial charge >= 0.3 is 0 Å². The first kappa shape index (κ1) is 11.6. The monoisotopic (exact) mass is 252 g/mol. The van der Waals surface area contributed by atoms with Gasteiger partial charge in [0.25, 0.3) is 0 Å². The van der Waals surface area contributed by atoms with Crippen molar-refractivity contribution in [2.45, 2.75) is 13.0 Å². The second-order valence-electron chi connectivity index (χ2n) is 2.66. The molecule has 0 radical (unpaired) electrons. The Kier molecular flexibility index (Phi) is 4.05. The first-order valence-electron chi connectivity index (χ1n) is 3.81. The lowest BCUT2D eigenvalue weighted by atomic mass is 10.3. The van der Waals surface area contributed by atoms with Crippen molar-refractivity contribution >= 4 is 41.1 Å². The lowest BCUT2D eigenvalue weighted by molar-refractivity contribution is -0.113. The van der Waals surface area contributed by atoms with Gasteiger partial charge in [0.15, 0.2) is 18.1 Å². The molecule has 0 N–H and O–H groups in total. The van der Waals surface area contributed by atoms with Crippen LogP contribution in [-0.2, 0) is 4.79 Å². The summed E-state index contributed by atoms with van der Waals surface area (Å²) in [6.45, 7) is 1.59. The fourth-order valence-corrected chi connectivity index (χ4v) is 1.76. The predicted molar refractivity (Wildman–Crippen MR) is 57.6 cm³/mol. The van der Waals surface area contributed by atoms with E-state index in [4.69, 9.17) is 39.5 Å². The Bertz CT molecular complexity index is 329. The molecule has 0 spiro atoms. The topological polar surface area (TPSA) is 26.3 Å². The van der Waals surface area contributed by atoms with Crippen LogP contribution >= 0.6 is 34.8 Å². The summed E-state index contributed by atoms with van der Waals surface area (Å²) < 4.78 is 5.19. The van der Waals surface area contributed by atoms with Gasteiger partial charge in [0.1, 0.15) is 0 Å². The van der Waals surface area contributed by atoms with E-state index in [1.165, 1.54) is 12.1 Å². The third-order valence-corrected chi connectivity index (χ3v) is 2.24. The fraction of sp³-hybridized carbons (Fsp3) is 0.222. The van der Waals surface area contributed by atoms with Gasteiger partial charge in [0.2, 0.25) is 0 Å². The van der Waals surface area contributed by atoms with Crippen molar-refractivity contribution in [2.75, 3.05) is 0 Å². The summed E-state index contributed by atoms with van der Waals surface area (Å²) in [5.74, 6) is 0.275. The smallest absolute Gasteiger partial charge is 0.160 e. The molecule has 0 heterocycles. The molecular formula is C9H7Cl3O2. The number of carbonyl (C=O) groups excluding carboxylic acids is 1. The summed E-state index contributed by atoms with van der Waals surface area (Å²) in [4.78, 5) is 10.4. The van der Waals surface area contributed by atoms with Crippen LogP contribution in [0.15, 0.2) is 12.1 Å². The van der Waals surface area contributed by atoms with Gasteiger partial charge in [0.05, 0.1) is 10.0 Å². The number of benzene rings is 1. The van der Waals surface area contributed by atoms with E-state index in [9.17, 15) is 4.79 Å².